The van der Waals surface area contributed by atoms with Crippen molar-refractivity contribution in [1.82, 2.24) is 0 Å². The van der Waals surface area contributed by atoms with Gasteiger partial charge in [-0.3, -0.25) is 4.79 Å². The van der Waals surface area contributed by atoms with Crippen molar-refractivity contribution in [2.75, 3.05) is 0 Å². The maximum absolute atomic E-state index is 13.8. The molecule has 4 aromatic rings. The summed E-state index contributed by atoms with van der Waals surface area (Å²) in [6.07, 6.45) is 0. The van der Waals surface area contributed by atoms with Crippen LogP contribution in [0.1, 0.15) is 0 Å². The Morgan fingerprint density at radius 1 is 0.850 bits per heavy atom. The van der Waals surface area contributed by atoms with Gasteiger partial charge >= 0.3 is 0 Å². The fourth-order valence-corrected chi connectivity index (χ4v) is 2.61. The molecule has 0 atom stereocenters. The summed E-state index contributed by atoms with van der Waals surface area (Å²) in [6, 6.07) is 15.6. The van der Waals surface area contributed by atoms with Crippen molar-refractivity contribution in [3.05, 3.63) is 70.6 Å². The van der Waals surface area contributed by atoms with Gasteiger partial charge in [-0.2, -0.15) is 0 Å². The third-order valence-electron chi connectivity index (χ3n) is 3.54. The van der Waals surface area contributed by atoms with Gasteiger partial charge in [0.05, 0.1) is 10.8 Å². The minimum Gasteiger partial charge on any atom is -0.453 e. The standard InChI is InChI=1S/C17H9FO2/c18-13-7-3-6-12-16(19)15-11-5-2-1-4-10(11)8-9-14(15)20-17(12)13/h1-9H. The third-order valence-corrected chi connectivity index (χ3v) is 3.54. The highest BCUT2D eigenvalue weighted by molar-refractivity contribution is 6.08. The number of halogens is 1. The van der Waals surface area contributed by atoms with Gasteiger partial charge in [-0.25, -0.2) is 4.39 Å². The van der Waals surface area contributed by atoms with E-state index in [4.69, 9.17) is 4.42 Å². The number of rotatable bonds is 0. The van der Waals surface area contributed by atoms with Gasteiger partial charge in [-0.05, 0) is 29.0 Å². The molecule has 0 spiro atoms. The van der Waals surface area contributed by atoms with Crippen molar-refractivity contribution < 1.29 is 8.81 Å². The zero-order valence-corrected chi connectivity index (χ0v) is 10.4. The van der Waals surface area contributed by atoms with Crippen LogP contribution in [0.15, 0.2) is 63.8 Å². The number of para-hydroxylation sites is 1. The molecule has 0 aliphatic carbocycles. The average Bonchev–Trinajstić information content (AvgIpc) is 2.48. The quantitative estimate of drug-likeness (QED) is 0.351. The lowest BCUT2D eigenvalue weighted by Gasteiger charge is -2.05. The average molecular weight is 264 g/mol. The maximum Gasteiger partial charge on any atom is 0.201 e. The number of hydrogen-bond acceptors (Lipinski definition) is 2. The van der Waals surface area contributed by atoms with E-state index in [1.165, 1.54) is 12.1 Å². The van der Waals surface area contributed by atoms with Crippen molar-refractivity contribution in [2.24, 2.45) is 0 Å². The van der Waals surface area contributed by atoms with E-state index in [1.54, 1.807) is 12.1 Å². The normalized spacial score (nSPS) is 11.4. The predicted molar refractivity (Wildman–Crippen MR) is 77.5 cm³/mol. The van der Waals surface area contributed by atoms with Crippen molar-refractivity contribution in [3.8, 4) is 0 Å². The zero-order valence-electron chi connectivity index (χ0n) is 10.4. The highest BCUT2D eigenvalue weighted by Gasteiger charge is 2.12. The van der Waals surface area contributed by atoms with Crippen LogP contribution in [0.4, 0.5) is 4.39 Å². The molecule has 0 unspecified atom stereocenters. The van der Waals surface area contributed by atoms with E-state index >= 15 is 0 Å². The molecule has 0 N–H and O–H groups in total. The SMILES string of the molecule is O=c1c2cccc(F)c2oc2ccc3ccccc3c12. The fraction of sp³-hybridized carbons (Fsp3) is 0. The summed E-state index contributed by atoms with van der Waals surface area (Å²) >= 11 is 0. The van der Waals surface area contributed by atoms with E-state index in [9.17, 15) is 9.18 Å². The van der Waals surface area contributed by atoms with Crippen LogP contribution in [-0.2, 0) is 0 Å². The Labute approximate surface area is 113 Å². The van der Waals surface area contributed by atoms with Gasteiger partial charge in [-0.1, -0.05) is 36.4 Å². The van der Waals surface area contributed by atoms with E-state index in [0.29, 0.717) is 11.0 Å². The summed E-state index contributed by atoms with van der Waals surface area (Å²) in [6.45, 7) is 0. The monoisotopic (exact) mass is 264 g/mol. The Bertz CT molecular complexity index is 1030. The zero-order chi connectivity index (χ0) is 13.7. The molecule has 2 nitrogen and oxygen atoms in total. The fourth-order valence-electron chi connectivity index (χ4n) is 2.61. The Morgan fingerprint density at radius 2 is 1.65 bits per heavy atom. The van der Waals surface area contributed by atoms with Gasteiger partial charge < -0.3 is 4.42 Å². The van der Waals surface area contributed by atoms with Gasteiger partial charge in [0.1, 0.15) is 5.58 Å². The van der Waals surface area contributed by atoms with E-state index in [0.717, 1.165) is 10.8 Å². The molecule has 0 aliphatic heterocycles. The largest absolute Gasteiger partial charge is 0.453 e. The second-order valence-corrected chi connectivity index (χ2v) is 4.71. The summed E-state index contributed by atoms with van der Waals surface area (Å²) < 4.78 is 19.4. The molecule has 0 aliphatic rings. The number of fused-ring (bicyclic) bond motifs is 4. The van der Waals surface area contributed by atoms with Crippen LogP contribution >= 0.6 is 0 Å². The maximum atomic E-state index is 13.8. The van der Waals surface area contributed by atoms with Crippen LogP contribution in [-0.4, -0.2) is 0 Å². The molecule has 3 heteroatoms. The smallest absolute Gasteiger partial charge is 0.201 e. The summed E-state index contributed by atoms with van der Waals surface area (Å²) in [4.78, 5) is 12.6. The van der Waals surface area contributed by atoms with Crippen LogP contribution in [0, 0.1) is 5.82 Å². The van der Waals surface area contributed by atoms with Gasteiger partial charge in [0.25, 0.3) is 0 Å². The van der Waals surface area contributed by atoms with Crippen LogP contribution in [0.3, 0.4) is 0 Å². The van der Waals surface area contributed by atoms with Gasteiger partial charge in [0.15, 0.2) is 11.4 Å². The molecule has 3 aromatic carbocycles. The Kier molecular flexibility index (Phi) is 2.18. The van der Waals surface area contributed by atoms with Crippen LogP contribution in [0.2, 0.25) is 0 Å². The topological polar surface area (TPSA) is 30.2 Å². The predicted octanol–water partition coefficient (Wildman–Crippen LogP) is 4.24. The lowest BCUT2D eigenvalue weighted by molar-refractivity contribution is 0.579. The summed E-state index contributed by atoms with van der Waals surface area (Å²) in [5, 5.41) is 2.56. The molecule has 0 saturated heterocycles. The van der Waals surface area contributed by atoms with E-state index in [2.05, 4.69) is 0 Å². The molecule has 0 radical (unpaired) electrons. The van der Waals surface area contributed by atoms with E-state index in [1.807, 2.05) is 30.3 Å². The molecular weight excluding hydrogens is 255 g/mol. The highest BCUT2D eigenvalue weighted by atomic mass is 19.1. The van der Waals surface area contributed by atoms with E-state index < -0.39 is 5.82 Å². The first-order chi connectivity index (χ1) is 9.75. The first-order valence-electron chi connectivity index (χ1n) is 6.28. The van der Waals surface area contributed by atoms with Crippen molar-refractivity contribution >= 4 is 32.7 Å². The molecular formula is C17H9FO2. The first kappa shape index (κ1) is 11.2. The second-order valence-electron chi connectivity index (χ2n) is 4.71. The van der Waals surface area contributed by atoms with Gasteiger partial charge in [0.2, 0.25) is 5.43 Å². The lowest BCUT2D eigenvalue weighted by atomic mass is 10.0. The first-order valence-corrected chi connectivity index (χ1v) is 6.28. The highest BCUT2D eigenvalue weighted by Crippen LogP contribution is 2.26. The molecule has 4 rings (SSSR count). The minimum atomic E-state index is -0.519. The van der Waals surface area contributed by atoms with E-state index in [-0.39, 0.29) is 16.4 Å². The van der Waals surface area contributed by atoms with Crippen LogP contribution < -0.4 is 5.43 Å². The molecule has 20 heavy (non-hydrogen) atoms. The Morgan fingerprint density at radius 3 is 2.55 bits per heavy atom. The molecule has 1 heterocycles. The van der Waals surface area contributed by atoms with Crippen molar-refractivity contribution in [3.63, 3.8) is 0 Å². The minimum absolute atomic E-state index is 0.0141. The second kappa shape index (κ2) is 3.90. The van der Waals surface area contributed by atoms with Gasteiger partial charge in [-0.15, -0.1) is 0 Å². The molecule has 1 aromatic heterocycles. The Hall–Kier alpha value is -2.68. The molecule has 96 valence electrons. The third kappa shape index (κ3) is 1.40. The molecule has 0 bridgehead atoms. The molecule has 0 saturated carbocycles. The molecule has 0 fully saturated rings. The van der Waals surface area contributed by atoms with Crippen molar-refractivity contribution in [2.45, 2.75) is 0 Å². The Balaban J connectivity index is 2.37. The van der Waals surface area contributed by atoms with Crippen LogP contribution in [0.5, 0.6) is 0 Å². The number of hydrogen-bond donors (Lipinski definition) is 0. The van der Waals surface area contributed by atoms with Crippen LogP contribution in [0.25, 0.3) is 32.7 Å². The molecule has 0 amide bonds. The number of benzene rings is 3. The summed E-state index contributed by atoms with van der Waals surface area (Å²) in [5.74, 6) is -0.519. The van der Waals surface area contributed by atoms with Crippen molar-refractivity contribution in [1.29, 1.82) is 0 Å². The lowest BCUT2D eigenvalue weighted by Crippen LogP contribution is -2.03. The summed E-state index contributed by atoms with van der Waals surface area (Å²) in [7, 11) is 0. The van der Waals surface area contributed by atoms with Gasteiger partial charge in [0, 0.05) is 0 Å². The summed E-state index contributed by atoms with van der Waals surface area (Å²) in [5.41, 5.74) is 0.226.